The SMILES string of the molecule is CO[Si](OC)(OC)C1=CC[C-]=C1C(C)C.[CH3-].[CH3-].[CH3-].[Pt+4]. The molecule has 3 nitrogen and oxygen atoms in total. The zero-order valence-electron chi connectivity index (χ0n) is 13.4. The van der Waals surface area contributed by atoms with Crippen molar-refractivity contribution < 1.29 is 34.3 Å². The van der Waals surface area contributed by atoms with E-state index >= 15 is 0 Å². The predicted molar refractivity (Wildman–Crippen MR) is 80.3 cm³/mol. The molecule has 0 N–H and O–H groups in total. The van der Waals surface area contributed by atoms with E-state index in [1.807, 2.05) is 0 Å². The fourth-order valence-electron chi connectivity index (χ4n) is 1.85. The monoisotopic (exact) mass is 467 g/mol. The molecule has 0 amide bonds. The van der Waals surface area contributed by atoms with Gasteiger partial charge in [0, 0.05) is 21.3 Å². The second kappa shape index (κ2) is 12.0. The van der Waals surface area contributed by atoms with E-state index < -0.39 is 8.80 Å². The third-order valence-corrected chi connectivity index (χ3v) is 5.35. The van der Waals surface area contributed by atoms with Crippen LogP contribution in [0.1, 0.15) is 20.3 Å². The van der Waals surface area contributed by atoms with Gasteiger partial charge in [-0.2, -0.15) is 6.08 Å². The molecule has 0 saturated carbocycles. The van der Waals surface area contributed by atoms with Gasteiger partial charge in [-0.05, 0) is 0 Å². The summed E-state index contributed by atoms with van der Waals surface area (Å²) in [5.41, 5.74) is 1.17. The molecule has 1 aliphatic rings. The van der Waals surface area contributed by atoms with Crippen molar-refractivity contribution in [3.63, 3.8) is 0 Å². The van der Waals surface area contributed by atoms with Gasteiger partial charge < -0.3 is 35.6 Å². The zero-order chi connectivity index (χ0) is 11.5. The zero-order valence-corrected chi connectivity index (χ0v) is 16.7. The van der Waals surface area contributed by atoms with E-state index in [-0.39, 0.29) is 43.3 Å². The van der Waals surface area contributed by atoms with Gasteiger partial charge in [-0.15, -0.1) is 11.6 Å². The molecule has 19 heavy (non-hydrogen) atoms. The Kier molecular flexibility index (Phi) is 17.5. The average Bonchev–Trinajstić information content (AvgIpc) is 2.71. The van der Waals surface area contributed by atoms with E-state index in [9.17, 15) is 0 Å². The molecule has 0 aromatic rings. The smallest absolute Gasteiger partial charge is 0.386 e. The van der Waals surface area contributed by atoms with Gasteiger partial charge in [-0.25, -0.2) is 5.57 Å². The molecular weight excluding hydrogens is 439 g/mol. The Balaban J connectivity index is -0.000000281. The van der Waals surface area contributed by atoms with E-state index in [2.05, 4.69) is 26.0 Å². The quantitative estimate of drug-likeness (QED) is 0.458. The van der Waals surface area contributed by atoms with Crippen LogP contribution in [0.4, 0.5) is 0 Å². The summed E-state index contributed by atoms with van der Waals surface area (Å²) in [7, 11) is 2.26. The minimum Gasteiger partial charge on any atom is -0.386 e. The second-order valence-electron chi connectivity index (χ2n) is 3.74. The first-order valence-corrected chi connectivity index (χ1v) is 6.81. The topological polar surface area (TPSA) is 27.7 Å². The van der Waals surface area contributed by atoms with Gasteiger partial charge in [0.2, 0.25) is 0 Å². The van der Waals surface area contributed by atoms with Crippen molar-refractivity contribution in [2.45, 2.75) is 20.3 Å². The van der Waals surface area contributed by atoms with Crippen LogP contribution >= 0.6 is 0 Å². The molecule has 0 saturated heterocycles. The van der Waals surface area contributed by atoms with Gasteiger partial charge in [-0.1, -0.05) is 19.8 Å². The summed E-state index contributed by atoms with van der Waals surface area (Å²) in [6.07, 6.45) is 6.26. The van der Waals surface area contributed by atoms with Crippen LogP contribution in [0.3, 0.4) is 0 Å². The molecule has 0 bridgehead atoms. The molecule has 0 aliphatic heterocycles. The van der Waals surface area contributed by atoms with Gasteiger partial charge in [-0.3, -0.25) is 6.08 Å². The molecule has 0 unspecified atom stereocenters. The maximum atomic E-state index is 5.47. The Bertz CT molecular complexity index is 276. The van der Waals surface area contributed by atoms with E-state index in [0.29, 0.717) is 5.92 Å². The van der Waals surface area contributed by atoms with Crippen LogP contribution in [-0.4, -0.2) is 30.1 Å². The van der Waals surface area contributed by atoms with Crippen LogP contribution < -0.4 is 0 Å². The minimum absolute atomic E-state index is 0. The molecule has 0 aromatic carbocycles. The van der Waals surface area contributed by atoms with Gasteiger partial charge in [0.15, 0.2) is 0 Å². The van der Waals surface area contributed by atoms with Crippen LogP contribution in [0.2, 0.25) is 0 Å². The summed E-state index contributed by atoms with van der Waals surface area (Å²) in [5, 5.41) is 1.07. The van der Waals surface area contributed by atoms with Gasteiger partial charge in [0.1, 0.15) is 0 Å². The minimum atomic E-state index is -2.65. The molecule has 0 radical (unpaired) electrons. The largest absolute Gasteiger partial charge is 4.00 e. The van der Waals surface area contributed by atoms with E-state index in [1.165, 1.54) is 5.57 Å². The molecule has 1 rings (SSSR count). The van der Waals surface area contributed by atoms with Crippen molar-refractivity contribution in [2.24, 2.45) is 5.92 Å². The van der Waals surface area contributed by atoms with E-state index in [0.717, 1.165) is 11.6 Å². The second-order valence-corrected chi connectivity index (χ2v) is 6.61. The maximum Gasteiger partial charge on any atom is 4.00 e. The molecule has 1 aliphatic carbocycles. The molecule has 0 spiro atoms. The number of hydrogen-bond donors (Lipinski definition) is 0. The fourth-order valence-corrected chi connectivity index (χ4v) is 4.07. The van der Waals surface area contributed by atoms with Crippen molar-refractivity contribution in [2.75, 3.05) is 21.3 Å². The van der Waals surface area contributed by atoms with Gasteiger partial charge >= 0.3 is 29.9 Å². The molecule has 0 heterocycles. The maximum absolute atomic E-state index is 5.47. The van der Waals surface area contributed by atoms with Crippen molar-refractivity contribution in [1.82, 2.24) is 0 Å². The average molecular weight is 468 g/mol. The first-order valence-electron chi connectivity index (χ1n) is 5.08. The van der Waals surface area contributed by atoms with Crippen LogP contribution in [0.15, 0.2) is 16.8 Å². The van der Waals surface area contributed by atoms with Crippen LogP contribution in [-0.2, 0) is 34.3 Å². The summed E-state index contributed by atoms with van der Waals surface area (Å²) < 4.78 is 16.4. The van der Waals surface area contributed by atoms with Gasteiger partial charge in [0.05, 0.1) is 0 Å². The Morgan fingerprint density at radius 1 is 1.05 bits per heavy atom. The normalized spacial score (nSPS) is 13.4. The summed E-state index contributed by atoms with van der Waals surface area (Å²) in [5.74, 6) is 0.422. The Morgan fingerprint density at radius 3 is 1.79 bits per heavy atom. The molecular formula is C14H28O3PtSi. The fraction of sp³-hybridized carbons (Fsp3) is 0.500. The Labute approximate surface area is 136 Å². The molecule has 0 fully saturated rings. The van der Waals surface area contributed by atoms with E-state index in [4.69, 9.17) is 13.3 Å². The first-order chi connectivity index (χ1) is 7.11. The van der Waals surface area contributed by atoms with Crippen LogP contribution in [0.5, 0.6) is 0 Å². The first kappa shape index (κ1) is 27.6. The Morgan fingerprint density at radius 2 is 1.47 bits per heavy atom. The number of rotatable bonds is 5. The summed E-state index contributed by atoms with van der Waals surface area (Å²) >= 11 is 0. The van der Waals surface area contributed by atoms with Crippen molar-refractivity contribution >= 4 is 8.80 Å². The van der Waals surface area contributed by atoms with Gasteiger partial charge in [0.25, 0.3) is 0 Å². The summed E-state index contributed by atoms with van der Waals surface area (Å²) in [4.78, 5) is 0. The third kappa shape index (κ3) is 5.64. The molecule has 0 atom stereocenters. The summed E-state index contributed by atoms with van der Waals surface area (Å²) in [6, 6.07) is 0. The molecule has 116 valence electrons. The third-order valence-electron chi connectivity index (χ3n) is 2.60. The standard InChI is InChI=1S/C11H19O3Si.3CH3.Pt/c1-9(2)10-7-6-8-11(10)15(12-3,13-4)14-5;;;;/h8-9H,6H2,1-5H3;3*1H3;/q4*-1;+4. The van der Waals surface area contributed by atoms with Crippen molar-refractivity contribution in [1.29, 1.82) is 0 Å². The summed E-state index contributed by atoms with van der Waals surface area (Å²) in [6.45, 7) is 4.28. The van der Waals surface area contributed by atoms with Crippen molar-refractivity contribution in [3.05, 3.63) is 45.2 Å². The molecule has 5 heteroatoms. The molecule has 0 aromatic heterocycles. The number of allylic oxidation sites excluding steroid dienone is 4. The van der Waals surface area contributed by atoms with Crippen LogP contribution in [0, 0.1) is 34.3 Å². The van der Waals surface area contributed by atoms with Crippen LogP contribution in [0.25, 0.3) is 0 Å². The number of hydrogen-bond acceptors (Lipinski definition) is 3. The van der Waals surface area contributed by atoms with E-state index in [1.54, 1.807) is 21.3 Å². The Hall–Kier alpha value is 0.265. The predicted octanol–water partition coefficient (Wildman–Crippen LogP) is 3.47. The van der Waals surface area contributed by atoms with Crippen molar-refractivity contribution in [3.8, 4) is 0 Å².